The van der Waals surface area contributed by atoms with Gasteiger partial charge in [0, 0.05) is 31.1 Å². The molecular formula is C22H21ClN2O3. The van der Waals surface area contributed by atoms with Crippen LogP contribution in [0.15, 0.2) is 70.1 Å². The highest BCUT2D eigenvalue weighted by Gasteiger charge is 2.13. The second kappa shape index (κ2) is 9.24. The van der Waals surface area contributed by atoms with Crippen molar-refractivity contribution in [3.8, 4) is 5.75 Å². The van der Waals surface area contributed by atoms with Crippen LogP contribution in [0, 0.1) is 0 Å². The fourth-order valence-electron chi connectivity index (χ4n) is 2.57. The fourth-order valence-corrected chi connectivity index (χ4v) is 2.76. The Morgan fingerprint density at radius 3 is 2.68 bits per heavy atom. The first-order valence-electron chi connectivity index (χ1n) is 8.80. The predicted molar refractivity (Wildman–Crippen MR) is 110 cm³/mol. The number of hydrogen-bond acceptors (Lipinski definition) is 3. The van der Waals surface area contributed by atoms with E-state index in [4.69, 9.17) is 20.8 Å². The summed E-state index contributed by atoms with van der Waals surface area (Å²) in [6, 6.07) is 18.8. The largest absolute Gasteiger partial charge is 0.489 e. The lowest BCUT2D eigenvalue weighted by Crippen LogP contribution is -2.09. The molecule has 0 N–H and O–H groups in total. The van der Waals surface area contributed by atoms with Crippen molar-refractivity contribution in [2.75, 3.05) is 14.1 Å². The Morgan fingerprint density at radius 1 is 1.14 bits per heavy atom. The number of aliphatic imine (C=N–C) groups is 1. The molecule has 0 atom stereocenters. The van der Waals surface area contributed by atoms with Gasteiger partial charge in [-0.25, -0.2) is 0 Å². The molecule has 0 unspecified atom stereocenters. The molecule has 0 aliphatic heterocycles. The molecule has 3 aromatic rings. The van der Waals surface area contributed by atoms with E-state index in [9.17, 15) is 4.79 Å². The molecule has 1 aromatic heterocycles. The first-order valence-corrected chi connectivity index (χ1v) is 9.18. The standard InChI is InChI=1S/C22H21ClN2O3/c1-25(2)15-24-22(26)21-11-9-19(28-21)13-17-12-18(23)8-10-20(17)27-14-16-6-4-3-5-7-16/h3-12,15H,13-14H2,1-2H3/b24-15+. The summed E-state index contributed by atoms with van der Waals surface area (Å²) in [6.45, 7) is 0.455. The molecule has 0 radical (unpaired) electrons. The Hall–Kier alpha value is -3.05. The SMILES string of the molecule is CN(C)/C=N/C(=O)c1ccc(Cc2cc(Cl)ccc2OCc2ccccc2)o1. The van der Waals surface area contributed by atoms with Crippen molar-refractivity contribution in [2.24, 2.45) is 4.99 Å². The monoisotopic (exact) mass is 396 g/mol. The van der Waals surface area contributed by atoms with Crippen molar-refractivity contribution in [1.29, 1.82) is 0 Å². The maximum atomic E-state index is 12.0. The summed E-state index contributed by atoms with van der Waals surface area (Å²) < 4.78 is 11.6. The number of amides is 1. The van der Waals surface area contributed by atoms with E-state index in [1.54, 1.807) is 37.2 Å². The average molecular weight is 397 g/mol. The number of halogens is 1. The first kappa shape index (κ1) is 19.7. The van der Waals surface area contributed by atoms with Gasteiger partial charge in [0.2, 0.25) is 0 Å². The van der Waals surface area contributed by atoms with Crippen LogP contribution in [0.3, 0.4) is 0 Å². The van der Waals surface area contributed by atoms with Crippen LogP contribution in [0.5, 0.6) is 5.75 Å². The summed E-state index contributed by atoms with van der Waals surface area (Å²) in [6.07, 6.45) is 1.90. The van der Waals surface area contributed by atoms with Crippen LogP contribution < -0.4 is 4.74 Å². The van der Waals surface area contributed by atoms with Gasteiger partial charge in [-0.2, -0.15) is 4.99 Å². The van der Waals surface area contributed by atoms with Gasteiger partial charge in [0.1, 0.15) is 18.1 Å². The molecule has 0 saturated carbocycles. The third-order valence-electron chi connectivity index (χ3n) is 3.90. The second-order valence-electron chi connectivity index (χ2n) is 6.48. The molecule has 1 heterocycles. The van der Waals surface area contributed by atoms with Crippen LogP contribution >= 0.6 is 11.6 Å². The lowest BCUT2D eigenvalue weighted by atomic mass is 10.1. The van der Waals surface area contributed by atoms with Gasteiger partial charge < -0.3 is 14.1 Å². The van der Waals surface area contributed by atoms with E-state index in [0.29, 0.717) is 23.8 Å². The molecule has 28 heavy (non-hydrogen) atoms. The van der Waals surface area contributed by atoms with Crippen LogP contribution in [-0.4, -0.2) is 31.2 Å². The van der Waals surface area contributed by atoms with Gasteiger partial charge in [-0.1, -0.05) is 41.9 Å². The lowest BCUT2D eigenvalue weighted by molar-refractivity contribution is 0.0974. The number of ether oxygens (including phenoxy) is 1. The molecule has 0 bridgehead atoms. The molecular weight excluding hydrogens is 376 g/mol. The van der Waals surface area contributed by atoms with Gasteiger partial charge in [-0.15, -0.1) is 0 Å². The minimum Gasteiger partial charge on any atom is -0.489 e. The molecule has 2 aromatic carbocycles. The van der Waals surface area contributed by atoms with E-state index < -0.39 is 5.91 Å². The Balaban J connectivity index is 1.73. The number of nitrogens with zero attached hydrogens (tertiary/aromatic N) is 2. The van der Waals surface area contributed by atoms with E-state index in [1.165, 1.54) is 6.34 Å². The number of furan rings is 1. The van der Waals surface area contributed by atoms with Crippen LogP contribution in [0.1, 0.15) is 27.4 Å². The van der Waals surface area contributed by atoms with Crippen molar-refractivity contribution >= 4 is 23.8 Å². The second-order valence-corrected chi connectivity index (χ2v) is 6.92. The minimum absolute atomic E-state index is 0.196. The zero-order valence-corrected chi connectivity index (χ0v) is 16.5. The first-order chi connectivity index (χ1) is 13.5. The summed E-state index contributed by atoms with van der Waals surface area (Å²) in [5.74, 6) is 1.13. The smallest absolute Gasteiger partial charge is 0.314 e. The molecule has 3 rings (SSSR count). The third-order valence-corrected chi connectivity index (χ3v) is 4.14. The number of benzene rings is 2. The number of hydrogen-bond donors (Lipinski definition) is 0. The Bertz CT molecular complexity index is 965. The Labute approximate surface area is 169 Å². The highest BCUT2D eigenvalue weighted by atomic mass is 35.5. The van der Waals surface area contributed by atoms with E-state index in [2.05, 4.69) is 4.99 Å². The van der Waals surface area contributed by atoms with Crippen molar-refractivity contribution in [1.82, 2.24) is 4.90 Å². The maximum Gasteiger partial charge on any atom is 0.314 e. The number of rotatable bonds is 7. The molecule has 0 fully saturated rings. The quantitative estimate of drug-likeness (QED) is 0.424. The summed E-state index contributed by atoms with van der Waals surface area (Å²) >= 11 is 6.16. The topological polar surface area (TPSA) is 55.0 Å². The lowest BCUT2D eigenvalue weighted by Gasteiger charge is -2.11. The number of carbonyl (C=O) groups excluding carboxylic acids is 1. The van der Waals surface area contributed by atoms with Crippen molar-refractivity contribution in [3.05, 3.63) is 88.3 Å². The third kappa shape index (κ3) is 5.47. The number of carbonyl (C=O) groups is 1. The van der Waals surface area contributed by atoms with Gasteiger partial charge in [0.05, 0.1) is 6.34 Å². The fraction of sp³-hybridized carbons (Fsp3) is 0.182. The molecule has 144 valence electrons. The molecule has 0 saturated heterocycles. The van der Waals surface area contributed by atoms with Gasteiger partial charge in [0.25, 0.3) is 0 Å². The minimum atomic E-state index is -0.424. The van der Waals surface area contributed by atoms with E-state index >= 15 is 0 Å². The highest BCUT2D eigenvalue weighted by molar-refractivity contribution is 6.30. The van der Waals surface area contributed by atoms with Crippen LogP contribution in [0.25, 0.3) is 0 Å². The van der Waals surface area contributed by atoms with E-state index in [-0.39, 0.29) is 5.76 Å². The van der Waals surface area contributed by atoms with Crippen molar-refractivity contribution in [3.63, 3.8) is 0 Å². The van der Waals surface area contributed by atoms with Gasteiger partial charge in [-0.05, 0) is 35.9 Å². The average Bonchev–Trinajstić information content (AvgIpc) is 3.15. The van der Waals surface area contributed by atoms with Crippen LogP contribution in [0.2, 0.25) is 5.02 Å². The molecule has 0 spiro atoms. The van der Waals surface area contributed by atoms with Gasteiger partial charge in [0.15, 0.2) is 5.76 Å². The van der Waals surface area contributed by atoms with Crippen LogP contribution in [-0.2, 0) is 13.0 Å². The summed E-state index contributed by atoms with van der Waals surface area (Å²) in [7, 11) is 3.58. The summed E-state index contributed by atoms with van der Waals surface area (Å²) in [5.41, 5.74) is 1.96. The zero-order valence-electron chi connectivity index (χ0n) is 15.8. The Kier molecular flexibility index (Phi) is 6.50. The molecule has 1 amide bonds. The molecule has 5 nitrogen and oxygen atoms in total. The molecule has 6 heteroatoms. The Morgan fingerprint density at radius 2 is 1.93 bits per heavy atom. The highest BCUT2D eigenvalue weighted by Crippen LogP contribution is 2.27. The van der Waals surface area contributed by atoms with Crippen LogP contribution in [0.4, 0.5) is 0 Å². The van der Waals surface area contributed by atoms with Crippen molar-refractivity contribution in [2.45, 2.75) is 13.0 Å². The zero-order chi connectivity index (χ0) is 19.9. The van der Waals surface area contributed by atoms with Gasteiger partial charge in [-0.3, -0.25) is 4.79 Å². The van der Waals surface area contributed by atoms with Gasteiger partial charge >= 0.3 is 5.91 Å². The van der Waals surface area contributed by atoms with Crippen molar-refractivity contribution < 1.29 is 13.9 Å². The maximum absolute atomic E-state index is 12.0. The molecule has 0 aliphatic carbocycles. The normalized spacial score (nSPS) is 11.0. The molecule has 0 aliphatic rings. The van der Waals surface area contributed by atoms with E-state index in [0.717, 1.165) is 16.9 Å². The summed E-state index contributed by atoms with van der Waals surface area (Å²) in [4.78, 5) is 17.5. The van der Waals surface area contributed by atoms with E-state index in [1.807, 2.05) is 42.5 Å². The summed E-state index contributed by atoms with van der Waals surface area (Å²) in [5, 5.41) is 0.612. The predicted octanol–water partition coefficient (Wildman–Crippen LogP) is 4.83.